The summed E-state index contributed by atoms with van der Waals surface area (Å²) in [4.78, 5) is 36.2. The molecule has 3 N–H and O–H groups in total. The largest absolute Gasteiger partial charge is 0.483 e. The number of benzene rings is 3. The van der Waals surface area contributed by atoms with E-state index in [-0.39, 0.29) is 18.2 Å². The van der Waals surface area contributed by atoms with E-state index in [0.717, 1.165) is 22.2 Å². The maximum Gasteiger partial charge on any atom is 0.329 e. The molecule has 0 aliphatic carbocycles. The van der Waals surface area contributed by atoms with Crippen molar-refractivity contribution in [1.29, 1.82) is 0 Å². The first kappa shape index (κ1) is 26.0. The van der Waals surface area contributed by atoms with Gasteiger partial charge in [0.1, 0.15) is 11.6 Å². The molecule has 0 saturated heterocycles. The molecular weight excluding hydrogens is 587 g/mol. The van der Waals surface area contributed by atoms with Gasteiger partial charge in [-0.1, -0.05) is 31.9 Å². The Hall–Kier alpha value is -3.57. The van der Waals surface area contributed by atoms with Crippen LogP contribution in [0.5, 0.6) is 5.75 Å². The van der Waals surface area contributed by atoms with Gasteiger partial charge in [0.15, 0.2) is 6.61 Å². The number of hydrogen-bond acceptors (Lipinski definition) is 5. The van der Waals surface area contributed by atoms with Crippen molar-refractivity contribution < 1.29 is 23.5 Å². The van der Waals surface area contributed by atoms with Gasteiger partial charge in [0.25, 0.3) is 5.91 Å². The van der Waals surface area contributed by atoms with Crippen LogP contribution in [0.15, 0.2) is 74.7 Å². The van der Waals surface area contributed by atoms with Crippen LogP contribution in [-0.2, 0) is 14.4 Å². The Bertz CT molecular complexity index is 1280. The zero-order valence-electron chi connectivity index (χ0n) is 18.3. The molecule has 0 fully saturated rings. The number of amides is 3. The van der Waals surface area contributed by atoms with E-state index in [9.17, 15) is 18.8 Å². The Kier molecular flexibility index (Phi) is 9.10. The van der Waals surface area contributed by atoms with E-state index in [1.807, 2.05) is 19.1 Å². The van der Waals surface area contributed by atoms with E-state index in [4.69, 9.17) is 4.74 Å². The monoisotopic (exact) mass is 604 g/mol. The second kappa shape index (κ2) is 12.2. The Labute approximate surface area is 217 Å². The number of aryl methyl sites for hydroxylation is 1. The van der Waals surface area contributed by atoms with Crippen LogP contribution in [0.4, 0.5) is 15.8 Å². The molecule has 180 valence electrons. The van der Waals surface area contributed by atoms with Crippen molar-refractivity contribution >= 4 is 67.2 Å². The number of hydrazone groups is 1. The molecule has 0 aliphatic heterocycles. The average Bonchev–Trinajstić information content (AvgIpc) is 2.82. The van der Waals surface area contributed by atoms with Crippen LogP contribution in [0.2, 0.25) is 0 Å². The fraction of sp³-hybridized carbons (Fsp3) is 0.0833. The molecule has 0 atom stereocenters. The van der Waals surface area contributed by atoms with Gasteiger partial charge >= 0.3 is 11.8 Å². The standard InChI is InChI=1S/C24H19Br2FN4O4/c1-14-10-19(7-8-20(14)26)29-22(32)13-35-21-9-2-16(25)11-15(21)12-28-31-24(34)23(33)30-18-5-3-17(27)4-6-18/h2-12H,13H2,1H3,(H,29,32)(H,30,33)(H,31,34)/b28-12-. The summed E-state index contributed by atoms with van der Waals surface area (Å²) in [7, 11) is 0. The molecule has 0 heterocycles. The van der Waals surface area contributed by atoms with Gasteiger partial charge in [0.2, 0.25) is 0 Å². The number of hydrogen-bond donors (Lipinski definition) is 3. The lowest BCUT2D eigenvalue weighted by molar-refractivity contribution is -0.136. The summed E-state index contributed by atoms with van der Waals surface area (Å²) in [5.74, 6) is -2.48. The van der Waals surface area contributed by atoms with Crippen LogP contribution in [0, 0.1) is 12.7 Å². The molecule has 0 spiro atoms. The smallest absolute Gasteiger partial charge is 0.329 e. The molecule has 0 aliphatic rings. The fourth-order valence-electron chi connectivity index (χ4n) is 2.75. The molecule has 0 aromatic heterocycles. The van der Waals surface area contributed by atoms with Crippen molar-refractivity contribution in [2.75, 3.05) is 17.2 Å². The van der Waals surface area contributed by atoms with Gasteiger partial charge in [-0.15, -0.1) is 0 Å². The molecule has 3 amide bonds. The van der Waals surface area contributed by atoms with Gasteiger partial charge < -0.3 is 15.4 Å². The van der Waals surface area contributed by atoms with Gasteiger partial charge in [-0.2, -0.15) is 5.10 Å². The van der Waals surface area contributed by atoms with E-state index in [2.05, 4.69) is 53.0 Å². The van der Waals surface area contributed by atoms with Crippen molar-refractivity contribution in [3.63, 3.8) is 0 Å². The second-order valence-corrected chi connectivity index (χ2v) is 8.91. The lowest BCUT2D eigenvalue weighted by Gasteiger charge is -2.11. The normalized spacial score (nSPS) is 10.6. The zero-order chi connectivity index (χ0) is 25.4. The van der Waals surface area contributed by atoms with Crippen LogP contribution in [0.25, 0.3) is 0 Å². The molecule has 3 aromatic rings. The molecule has 8 nitrogen and oxygen atoms in total. The predicted octanol–water partition coefficient (Wildman–Crippen LogP) is 4.77. The summed E-state index contributed by atoms with van der Waals surface area (Å²) in [6, 6.07) is 15.4. The van der Waals surface area contributed by atoms with Gasteiger partial charge in [-0.3, -0.25) is 14.4 Å². The van der Waals surface area contributed by atoms with Crippen LogP contribution in [0.3, 0.4) is 0 Å². The first-order valence-corrected chi connectivity index (χ1v) is 11.7. The molecule has 0 radical (unpaired) electrons. The third-order valence-corrected chi connectivity index (χ3v) is 5.83. The minimum absolute atomic E-state index is 0.259. The van der Waals surface area contributed by atoms with Crippen LogP contribution in [0.1, 0.15) is 11.1 Å². The summed E-state index contributed by atoms with van der Waals surface area (Å²) in [6.07, 6.45) is 1.28. The van der Waals surface area contributed by atoms with E-state index < -0.39 is 17.6 Å². The second-order valence-electron chi connectivity index (χ2n) is 7.14. The number of rotatable bonds is 7. The van der Waals surface area contributed by atoms with Crippen molar-refractivity contribution in [3.8, 4) is 5.75 Å². The highest BCUT2D eigenvalue weighted by molar-refractivity contribution is 9.10. The van der Waals surface area contributed by atoms with Crippen molar-refractivity contribution in [3.05, 3.63) is 86.6 Å². The quantitative estimate of drug-likeness (QED) is 0.205. The average molecular weight is 606 g/mol. The molecule has 0 bridgehead atoms. The Morgan fingerprint density at radius 2 is 1.66 bits per heavy atom. The highest BCUT2D eigenvalue weighted by atomic mass is 79.9. The van der Waals surface area contributed by atoms with Gasteiger partial charge in [-0.05, 0) is 73.2 Å². The minimum Gasteiger partial charge on any atom is -0.483 e. The summed E-state index contributed by atoms with van der Waals surface area (Å²) >= 11 is 6.75. The van der Waals surface area contributed by atoms with Crippen LogP contribution < -0.4 is 20.8 Å². The molecule has 0 unspecified atom stereocenters. The highest BCUT2D eigenvalue weighted by Gasteiger charge is 2.13. The Balaban J connectivity index is 1.57. The summed E-state index contributed by atoms with van der Waals surface area (Å²) < 4.78 is 20.2. The number of carbonyl (C=O) groups excluding carboxylic acids is 3. The summed E-state index contributed by atoms with van der Waals surface area (Å²) in [6.45, 7) is 1.65. The van der Waals surface area contributed by atoms with Crippen molar-refractivity contribution in [2.45, 2.75) is 6.92 Å². The molecular formula is C24H19Br2FN4O4. The van der Waals surface area contributed by atoms with Gasteiger partial charge in [0.05, 0.1) is 6.21 Å². The molecule has 3 aromatic carbocycles. The van der Waals surface area contributed by atoms with Crippen molar-refractivity contribution in [1.82, 2.24) is 5.43 Å². The Morgan fingerprint density at radius 3 is 2.37 bits per heavy atom. The summed E-state index contributed by atoms with van der Waals surface area (Å²) in [5, 5.41) is 8.86. The minimum atomic E-state index is -1.02. The fourth-order valence-corrected chi connectivity index (χ4v) is 3.37. The SMILES string of the molecule is Cc1cc(NC(=O)COc2ccc(Br)cc2/C=N\NC(=O)C(=O)Nc2ccc(F)cc2)ccc1Br. The third-order valence-electron chi connectivity index (χ3n) is 4.45. The third kappa shape index (κ3) is 8.01. The van der Waals surface area contributed by atoms with E-state index in [1.54, 1.807) is 24.3 Å². The van der Waals surface area contributed by atoms with E-state index in [1.165, 1.54) is 18.3 Å². The number of carbonyl (C=O) groups is 3. The van der Waals surface area contributed by atoms with Gasteiger partial charge in [-0.25, -0.2) is 9.82 Å². The van der Waals surface area contributed by atoms with Crippen molar-refractivity contribution in [2.24, 2.45) is 5.10 Å². The number of nitrogens with zero attached hydrogens (tertiary/aromatic N) is 1. The lowest BCUT2D eigenvalue weighted by atomic mass is 10.2. The topological polar surface area (TPSA) is 109 Å². The molecule has 0 saturated carbocycles. The van der Waals surface area contributed by atoms with Crippen LogP contribution in [-0.4, -0.2) is 30.5 Å². The lowest BCUT2D eigenvalue weighted by Crippen LogP contribution is -2.32. The molecule has 35 heavy (non-hydrogen) atoms. The van der Waals surface area contributed by atoms with Gasteiger partial charge in [0, 0.05) is 25.9 Å². The molecule has 11 heteroatoms. The number of nitrogens with one attached hydrogen (secondary N) is 3. The maximum atomic E-state index is 12.9. The number of anilines is 2. The summed E-state index contributed by atoms with van der Waals surface area (Å²) in [5.41, 5.74) is 4.43. The number of ether oxygens (including phenoxy) is 1. The first-order valence-electron chi connectivity index (χ1n) is 10.1. The maximum absolute atomic E-state index is 12.9. The van der Waals surface area contributed by atoms with E-state index in [0.29, 0.717) is 21.5 Å². The first-order chi connectivity index (χ1) is 16.7. The zero-order valence-corrected chi connectivity index (χ0v) is 21.4. The Morgan fingerprint density at radius 1 is 0.943 bits per heavy atom. The highest BCUT2D eigenvalue weighted by Crippen LogP contribution is 2.23. The molecule has 3 rings (SSSR count). The van der Waals surface area contributed by atoms with E-state index >= 15 is 0 Å². The predicted molar refractivity (Wildman–Crippen MR) is 138 cm³/mol. The number of halogens is 3. The van der Waals surface area contributed by atoms with Crippen LogP contribution >= 0.6 is 31.9 Å².